The second-order valence-corrected chi connectivity index (χ2v) is 10.0. The smallest absolute Gasteiger partial charge is 0.263 e. The molecule has 7 nitrogen and oxygen atoms in total. The van der Waals surface area contributed by atoms with Crippen LogP contribution in [0.25, 0.3) is 21.6 Å². The SMILES string of the molecule is Cc1cccc(-c2nc3sc4c(c3c(=O)n2CC(=O)Nc2nnc(C)s2)CCCC4)c1. The zero-order chi connectivity index (χ0) is 21.5. The number of rotatable bonds is 4. The molecule has 5 rings (SSSR count). The van der Waals surface area contributed by atoms with Gasteiger partial charge in [-0.1, -0.05) is 35.1 Å². The third kappa shape index (κ3) is 3.79. The summed E-state index contributed by atoms with van der Waals surface area (Å²) in [5, 5.41) is 12.5. The first-order chi connectivity index (χ1) is 15.0. The molecule has 9 heteroatoms. The average Bonchev–Trinajstić information content (AvgIpc) is 3.32. The zero-order valence-corrected chi connectivity index (χ0v) is 18.9. The topological polar surface area (TPSA) is 89.8 Å². The Balaban J connectivity index is 1.64. The van der Waals surface area contributed by atoms with Crippen molar-refractivity contribution < 1.29 is 4.79 Å². The van der Waals surface area contributed by atoms with E-state index in [4.69, 9.17) is 4.98 Å². The van der Waals surface area contributed by atoms with Gasteiger partial charge in [0.1, 0.15) is 22.2 Å². The molecule has 4 aromatic rings. The van der Waals surface area contributed by atoms with Gasteiger partial charge < -0.3 is 0 Å². The molecule has 0 saturated heterocycles. The molecule has 1 aliphatic carbocycles. The van der Waals surface area contributed by atoms with E-state index in [0.717, 1.165) is 52.2 Å². The summed E-state index contributed by atoms with van der Waals surface area (Å²) in [6.45, 7) is 3.69. The van der Waals surface area contributed by atoms with Crippen LogP contribution in [0.1, 0.15) is 33.9 Å². The van der Waals surface area contributed by atoms with Crippen molar-refractivity contribution in [2.24, 2.45) is 0 Å². The second-order valence-electron chi connectivity index (χ2n) is 7.76. The third-order valence-corrected chi connectivity index (χ3v) is 7.37. The first kappa shape index (κ1) is 20.0. The maximum atomic E-state index is 13.7. The van der Waals surface area contributed by atoms with Gasteiger partial charge in [0, 0.05) is 10.4 Å². The molecule has 0 bridgehead atoms. The fraction of sp³-hybridized carbons (Fsp3) is 0.318. The number of anilines is 1. The van der Waals surface area contributed by atoms with Crippen LogP contribution in [0.2, 0.25) is 0 Å². The number of nitrogens with one attached hydrogen (secondary N) is 1. The van der Waals surface area contributed by atoms with Gasteiger partial charge in [0.05, 0.1) is 5.39 Å². The van der Waals surface area contributed by atoms with Gasteiger partial charge in [0.25, 0.3) is 5.56 Å². The first-order valence-corrected chi connectivity index (χ1v) is 11.8. The maximum Gasteiger partial charge on any atom is 0.263 e. The highest BCUT2D eigenvalue weighted by Crippen LogP contribution is 2.35. The lowest BCUT2D eigenvalue weighted by Crippen LogP contribution is -2.30. The molecule has 0 radical (unpaired) electrons. The molecule has 0 saturated carbocycles. The molecule has 3 aromatic heterocycles. The minimum Gasteiger partial charge on any atom is -0.299 e. The second kappa shape index (κ2) is 7.97. The predicted octanol–water partition coefficient (Wildman–Crippen LogP) is 4.11. The Morgan fingerprint density at radius 2 is 2.00 bits per heavy atom. The highest BCUT2D eigenvalue weighted by molar-refractivity contribution is 7.18. The number of carbonyl (C=O) groups is 1. The van der Waals surface area contributed by atoms with Crippen LogP contribution in [0.4, 0.5) is 5.13 Å². The van der Waals surface area contributed by atoms with Gasteiger partial charge in [-0.05, 0) is 51.2 Å². The van der Waals surface area contributed by atoms with Gasteiger partial charge in [-0.25, -0.2) is 4.98 Å². The summed E-state index contributed by atoms with van der Waals surface area (Å²) in [4.78, 5) is 33.4. The fourth-order valence-corrected chi connectivity index (χ4v) is 5.90. The highest BCUT2D eigenvalue weighted by Gasteiger charge is 2.23. The third-order valence-electron chi connectivity index (χ3n) is 5.43. The van der Waals surface area contributed by atoms with E-state index in [-0.39, 0.29) is 18.0 Å². The standard InChI is InChI=1S/C22H21N5O2S2/c1-12-6-5-7-14(10-12)19-24-20-18(15-8-3-4-9-16(15)31-20)21(29)27(19)11-17(28)23-22-26-25-13(2)30-22/h5-7,10H,3-4,8-9,11H2,1-2H3,(H,23,26,28). The molecule has 0 atom stereocenters. The van der Waals surface area contributed by atoms with E-state index in [1.165, 1.54) is 20.8 Å². The van der Waals surface area contributed by atoms with E-state index in [9.17, 15) is 9.59 Å². The Morgan fingerprint density at radius 1 is 1.16 bits per heavy atom. The Kier molecular flexibility index (Phi) is 5.15. The van der Waals surface area contributed by atoms with Crippen molar-refractivity contribution in [3.05, 3.63) is 55.6 Å². The predicted molar refractivity (Wildman–Crippen MR) is 124 cm³/mol. The zero-order valence-electron chi connectivity index (χ0n) is 17.3. The van der Waals surface area contributed by atoms with Crippen molar-refractivity contribution >= 4 is 43.9 Å². The van der Waals surface area contributed by atoms with Crippen LogP contribution >= 0.6 is 22.7 Å². The number of aryl methyl sites for hydroxylation is 4. The summed E-state index contributed by atoms with van der Waals surface area (Å²) in [5.74, 6) is 0.195. The van der Waals surface area contributed by atoms with E-state index >= 15 is 0 Å². The Labute approximate surface area is 186 Å². The summed E-state index contributed by atoms with van der Waals surface area (Å²) < 4.78 is 1.50. The number of hydrogen-bond acceptors (Lipinski definition) is 7. The monoisotopic (exact) mass is 451 g/mol. The van der Waals surface area contributed by atoms with Gasteiger partial charge in [0.15, 0.2) is 0 Å². The number of benzene rings is 1. The van der Waals surface area contributed by atoms with Gasteiger partial charge in [-0.2, -0.15) is 0 Å². The molecule has 3 heterocycles. The molecule has 0 aliphatic heterocycles. The number of carbonyl (C=O) groups excluding carboxylic acids is 1. The number of hydrogen-bond donors (Lipinski definition) is 1. The molecular weight excluding hydrogens is 430 g/mol. The number of amides is 1. The van der Waals surface area contributed by atoms with Crippen molar-refractivity contribution in [2.75, 3.05) is 5.32 Å². The quantitative estimate of drug-likeness (QED) is 0.504. The van der Waals surface area contributed by atoms with Gasteiger partial charge in [-0.3, -0.25) is 19.5 Å². The molecule has 1 N–H and O–H groups in total. The first-order valence-electron chi connectivity index (χ1n) is 10.2. The van der Waals surface area contributed by atoms with Crippen LogP contribution < -0.4 is 10.9 Å². The van der Waals surface area contributed by atoms with Crippen molar-refractivity contribution in [2.45, 2.75) is 46.1 Å². The Hall–Kier alpha value is -2.91. The van der Waals surface area contributed by atoms with Crippen LogP contribution in [0.15, 0.2) is 29.1 Å². The summed E-state index contributed by atoms with van der Waals surface area (Å²) >= 11 is 2.92. The fourth-order valence-electron chi connectivity index (χ4n) is 4.04. The van der Waals surface area contributed by atoms with Crippen LogP contribution in [-0.4, -0.2) is 25.7 Å². The molecule has 1 aromatic carbocycles. The van der Waals surface area contributed by atoms with Gasteiger partial charge >= 0.3 is 0 Å². The van der Waals surface area contributed by atoms with E-state index in [2.05, 4.69) is 15.5 Å². The lowest BCUT2D eigenvalue weighted by Gasteiger charge is -2.14. The normalized spacial score (nSPS) is 13.4. The number of fused-ring (bicyclic) bond motifs is 3. The lowest BCUT2D eigenvalue weighted by atomic mass is 9.97. The summed E-state index contributed by atoms with van der Waals surface area (Å²) in [5.41, 5.74) is 2.86. The molecule has 0 unspecified atom stereocenters. The minimum atomic E-state index is -0.322. The number of nitrogens with zero attached hydrogens (tertiary/aromatic N) is 4. The van der Waals surface area contributed by atoms with E-state index in [0.29, 0.717) is 16.3 Å². The molecule has 0 spiro atoms. The summed E-state index contributed by atoms with van der Waals surface area (Å²) in [7, 11) is 0. The van der Waals surface area contributed by atoms with Crippen LogP contribution in [0.3, 0.4) is 0 Å². The van der Waals surface area contributed by atoms with Gasteiger partial charge in [-0.15, -0.1) is 21.5 Å². The van der Waals surface area contributed by atoms with E-state index < -0.39 is 0 Å². The Bertz CT molecular complexity index is 1370. The van der Waals surface area contributed by atoms with Crippen molar-refractivity contribution in [1.82, 2.24) is 19.7 Å². The van der Waals surface area contributed by atoms with Crippen LogP contribution in [-0.2, 0) is 24.2 Å². The largest absolute Gasteiger partial charge is 0.299 e. The van der Waals surface area contributed by atoms with Crippen molar-refractivity contribution in [1.29, 1.82) is 0 Å². The molecule has 1 amide bonds. The van der Waals surface area contributed by atoms with E-state index in [1.807, 2.05) is 38.1 Å². The average molecular weight is 452 g/mol. The maximum absolute atomic E-state index is 13.7. The summed E-state index contributed by atoms with van der Waals surface area (Å²) in [6.07, 6.45) is 4.11. The van der Waals surface area contributed by atoms with Gasteiger partial charge in [0.2, 0.25) is 11.0 Å². The minimum absolute atomic E-state index is 0.131. The molecule has 31 heavy (non-hydrogen) atoms. The molecule has 0 fully saturated rings. The molecule has 1 aliphatic rings. The number of thiophene rings is 1. The molecular formula is C22H21N5O2S2. The highest BCUT2D eigenvalue weighted by atomic mass is 32.1. The van der Waals surface area contributed by atoms with Crippen molar-refractivity contribution in [3.8, 4) is 11.4 Å². The summed E-state index contributed by atoms with van der Waals surface area (Å²) in [6, 6.07) is 7.86. The van der Waals surface area contributed by atoms with Crippen molar-refractivity contribution in [3.63, 3.8) is 0 Å². The van der Waals surface area contributed by atoms with Crippen LogP contribution in [0, 0.1) is 13.8 Å². The van der Waals surface area contributed by atoms with Crippen LogP contribution in [0.5, 0.6) is 0 Å². The lowest BCUT2D eigenvalue weighted by molar-refractivity contribution is -0.116. The number of aromatic nitrogens is 4. The van der Waals surface area contributed by atoms with E-state index in [1.54, 1.807) is 11.3 Å². The molecule has 158 valence electrons. The Morgan fingerprint density at radius 3 is 2.77 bits per heavy atom.